The van der Waals surface area contributed by atoms with Crippen LogP contribution in [0.1, 0.15) is 39.5 Å². The molecule has 0 aromatic rings. The van der Waals surface area contributed by atoms with Gasteiger partial charge in [-0.05, 0) is 12.8 Å². The standard InChI is InChI=1S/C10H20N2O/c1-9(2)10(13)11-12-7-5-3-4-6-8-12/h9H,3-8H2,1-2H3,(H,11,13). The molecule has 3 nitrogen and oxygen atoms in total. The van der Waals surface area contributed by atoms with Crippen LogP contribution in [0.25, 0.3) is 0 Å². The lowest BCUT2D eigenvalue weighted by Gasteiger charge is -2.21. The van der Waals surface area contributed by atoms with Crippen LogP contribution in [0.4, 0.5) is 0 Å². The molecule has 0 atom stereocenters. The van der Waals surface area contributed by atoms with Crippen LogP contribution < -0.4 is 5.43 Å². The maximum Gasteiger partial charge on any atom is 0.236 e. The summed E-state index contributed by atoms with van der Waals surface area (Å²) in [5.74, 6) is 0.227. The van der Waals surface area contributed by atoms with Gasteiger partial charge in [-0.25, -0.2) is 5.01 Å². The van der Waals surface area contributed by atoms with E-state index in [2.05, 4.69) is 10.4 Å². The minimum absolute atomic E-state index is 0.0863. The second-order valence-corrected chi connectivity index (χ2v) is 4.03. The van der Waals surface area contributed by atoms with Gasteiger partial charge in [-0.1, -0.05) is 26.7 Å². The monoisotopic (exact) mass is 184 g/mol. The van der Waals surface area contributed by atoms with E-state index in [-0.39, 0.29) is 11.8 Å². The number of rotatable bonds is 2. The Hall–Kier alpha value is -0.570. The Morgan fingerprint density at radius 3 is 2.15 bits per heavy atom. The van der Waals surface area contributed by atoms with E-state index in [1.54, 1.807) is 0 Å². The highest BCUT2D eigenvalue weighted by Crippen LogP contribution is 2.07. The molecule has 0 spiro atoms. The second-order valence-electron chi connectivity index (χ2n) is 4.03. The average molecular weight is 184 g/mol. The van der Waals surface area contributed by atoms with Crippen molar-refractivity contribution < 1.29 is 4.79 Å². The van der Waals surface area contributed by atoms with E-state index in [9.17, 15) is 4.79 Å². The van der Waals surface area contributed by atoms with Gasteiger partial charge in [0.2, 0.25) is 5.91 Å². The fourth-order valence-corrected chi connectivity index (χ4v) is 1.47. The van der Waals surface area contributed by atoms with Gasteiger partial charge in [-0.3, -0.25) is 10.2 Å². The van der Waals surface area contributed by atoms with E-state index < -0.39 is 0 Å². The van der Waals surface area contributed by atoms with Gasteiger partial charge in [0.1, 0.15) is 0 Å². The summed E-state index contributed by atoms with van der Waals surface area (Å²) in [6.45, 7) is 5.87. The molecule has 76 valence electrons. The predicted molar refractivity (Wildman–Crippen MR) is 53.0 cm³/mol. The third-order valence-corrected chi connectivity index (χ3v) is 2.40. The van der Waals surface area contributed by atoms with Crippen LogP contribution in [0.2, 0.25) is 0 Å². The second kappa shape index (κ2) is 5.22. The third-order valence-electron chi connectivity index (χ3n) is 2.40. The number of carbonyl (C=O) groups is 1. The average Bonchev–Trinajstić information content (AvgIpc) is 2.32. The molecule has 1 N–H and O–H groups in total. The number of hydrogen-bond acceptors (Lipinski definition) is 2. The van der Waals surface area contributed by atoms with Crippen molar-refractivity contribution in [3.8, 4) is 0 Å². The van der Waals surface area contributed by atoms with Gasteiger partial charge in [0, 0.05) is 19.0 Å². The Labute approximate surface area is 80.5 Å². The molecule has 0 saturated carbocycles. The van der Waals surface area contributed by atoms with Crippen molar-refractivity contribution in [1.82, 2.24) is 10.4 Å². The van der Waals surface area contributed by atoms with Gasteiger partial charge < -0.3 is 0 Å². The maximum absolute atomic E-state index is 11.4. The first-order valence-corrected chi connectivity index (χ1v) is 5.25. The Bertz CT molecular complexity index is 160. The largest absolute Gasteiger partial charge is 0.289 e. The molecule has 1 amide bonds. The van der Waals surface area contributed by atoms with Crippen LogP contribution in [0.15, 0.2) is 0 Å². The van der Waals surface area contributed by atoms with Crippen molar-refractivity contribution in [2.24, 2.45) is 5.92 Å². The smallest absolute Gasteiger partial charge is 0.236 e. The molecular formula is C10H20N2O. The highest BCUT2D eigenvalue weighted by atomic mass is 16.2. The Morgan fingerprint density at radius 1 is 1.15 bits per heavy atom. The highest BCUT2D eigenvalue weighted by molar-refractivity contribution is 5.77. The van der Waals surface area contributed by atoms with Gasteiger partial charge in [-0.15, -0.1) is 0 Å². The molecule has 1 heterocycles. The van der Waals surface area contributed by atoms with Crippen molar-refractivity contribution in [2.45, 2.75) is 39.5 Å². The SMILES string of the molecule is CC(C)C(=O)NN1CCCCCC1. The fourth-order valence-electron chi connectivity index (χ4n) is 1.47. The normalized spacial score (nSPS) is 19.9. The molecule has 3 heteroatoms. The zero-order chi connectivity index (χ0) is 9.68. The first kappa shape index (κ1) is 10.5. The number of hydrazine groups is 1. The molecule has 1 saturated heterocycles. The lowest BCUT2D eigenvalue weighted by atomic mass is 10.2. The van der Waals surface area contributed by atoms with Gasteiger partial charge >= 0.3 is 0 Å². The third kappa shape index (κ3) is 3.77. The number of carbonyl (C=O) groups excluding carboxylic acids is 1. The lowest BCUT2D eigenvalue weighted by Crippen LogP contribution is -2.44. The summed E-state index contributed by atoms with van der Waals surface area (Å²) < 4.78 is 0. The molecule has 1 aliphatic rings. The molecule has 0 aromatic carbocycles. The summed E-state index contributed by atoms with van der Waals surface area (Å²) in [6.07, 6.45) is 5.01. The van der Waals surface area contributed by atoms with Gasteiger partial charge in [0.15, 0.2) is 0 Å². The van der Waals surface area contributed by atoms with Crippen molar-refractivity contribution in [1.29, 1.82) is 0 Å². The molecule has 0 radical (unpaired) electrons. The van der Waals surface area contributed by atoms with Crippen molar-refractivity contribution >= 4 is 5.91 Å². The fraction of sp³-hybridized carbons (Fsp3) is 0.900. The summed E-state index contributed by atoms with van der Waals surface area (Å²) in [5, 5.41) is 2.06. The molecular weight excluding hydrogens is 164 g/mol. The van der Waals surface area contributed by atoms with Gasteiger partial charge in [0.25, 0.3) is 0 Å². The van der Waals surface area contributed by atoms with Crippen molar-refractivity contribution in [3.05, 3.63) is 0 Å². The summed E-state index contributed by atoms with van der Waals surface area (Å²) >= 11 is 0. The molecule has 0 aliphatic carbocycles. The first-order valence-electron chi connectivity index (χ1n) is 5.25. The first-order chi connectivity index (χ1) is 6.20. The molecule has 0 bridgehead atoms. The van der Waals surface area contributed by atoms with E-state index in [1.165, 1.54) is 25.7 Å². The molecule has 13 heavy (non-hydrogen) atoms. The van der Waals surface area contributed by atoms with Crippen LogP contribution in [0, 0.1) is 5.92 Å². The minimum atomic E-state index is 0.0863. The predicted octanol–water partition coefficient (Wildman–Crippen LogP) is 1.55. The van der Waals surface area contributed by atoms with Gasteiger partial charge in [-0.2, -0.15) is 0 Å². The van der Waals surface area contributed by atoms with E-state index in [0.29, 0.717) is 0 Å². The van der Waals surface area contributed by atoms with E-state index in [4.69, 9.17) is 0 Å². The molecule has 1 fully saturated rings. The summed E-state index contributed by atoms with van der Waals surface area (Å²) in [5.41, 5.74) is 2.95. The summed E-state index contributed by atoms with van der Waals surface area (Å²) in [6, 6.07) is 0. The van der Waals surface area contributed by atoms with Gasteiger partial charge in [0.05, 0.1) is 0 Å². The van der Waals surface area contributed by atoms with Crippen molar-refractivity contribution in [3.63, 3.8) is 0 Å². The number of nitrogens with zero attached hydrogens (tertiary/aromatic N) is 1. The quantitative estimate of drug-likeness (QED) is 0.706. The van der Waals surface area contributed by atoms with Crippen LogP contribution in [0.3, 0.4) is 0 Å². The topological polar surface area (TPSA) is 32.3 Å². The van der Waals surface area contributed by atoms with E-state index >= 15 is 0 Å². The zero-order valence-corrected chi connectivity index (χ0v) is 8.68. The Kier molecular flexibility index (Phi) is 4.22. The molecule has 1 rings (SSSR count). The number of hydrogen-bond donors (Lipinski definition) is 1. The molecule has 0 unspecified atom stereocenters. The summed E-state index contributed by atoms with van der Waals surface area (Å²) in [4.78, 5) is 11.4. The highest BCUT2D eigenvalue weighted by Gasteiger charge is 2.13. The number of amides is 1. The van der Waals surface area contributed by atoms with Crippen LogP contribution >= 0.6 is 0 Å². The lowest BCUT2D eigenvalue weighted by molar-refractivity contribution is -0.128. The Morgan fingerprint density at radius 2 is 1.69 bits per heavy atom. The minimum Gasteiger partial charge on any atom is -0.289 e. The molecule has 0 aromatic heterocycles. The summed E-state index contributed by atoms with van der Waals surface area (Å²) in [7, 11) is 0. The van der Waals surface area contributed by atoms with Crippen molar-refractivity contribution in [2.75, 3.05) is 13.1 Å². The zero-order valence-electron chi connectivity index (χ0n) is 8.68. The van der Waals surface area contributed by atoms with Crippen LogP contribution in [0.5, 0.6) is 0 Å². The van der Waals surface area contributed by atoms with E-state index in [0.717, 1.165) is 13.1 Å². The Balaban J connectivity index is 2.29. The van der Waals surface area contributed by atoms with E-state index in [1.807, 2.05) is 13.8 Å². The van der Waals surface area contributed by atoms with Crippen LogP contribution in [-0.4, -0.2) is 24.0 Å². The van der Waals surface area contributed by atoms with Crippen LogP contribution in [-0.2, 0) is 4.79 Å². The maximum atomic E-state index is 11.4. The molecule has 1 aliphatic heterocycles. The number of nitrogens with one attached hydrogen (secondary N) is 1.